The first-order chi connectivity index (χ1) is 12.0. The highest BCUT2D eigenvalue weighted by Gasteiger charge is 2.39. The molecule has 1 aromatic carbocycles. The number of halogens is 1. The fraction of sp³-hybridized carbons (Fsp3) is 0.588. The predicted octanol–water partition coefficient (Wildman–Crippen LogP) is 0.660. The van der Waals surface area contributed by atoms with Crippen molar-refractivity contribution in [3.8, 4) is 0 Å². The van der Waals surface area contributed by atoms with Crippen molar-refractivity contribution >= 4 is 28.3 Å². The minimum absolute atomic E-state index is 0. The third-order valence-electron chi connectivity index (χ3n) is 4.46. The number of amides is 1. The second-order valence-corrected chi connectivity index (χ2v) is 8.27. The number of ether oxygens (including phenoxy) is 1. The molecule has 0 saturated carbocycles. The summed E-state index contributed by atoms with van der Waals surface area (Å²) in [5.41, 5.74) is 0.324. The van der Waals surface area contributed by atoms with Crippen molar-refractivity contribution in [2.75, 3.05) is 39.1 Å². The van der Waals surface area contributed by atoms with Gasteiger partial charge in [-0.1, -0.05) is 30.3 Å². The molecule has 9 heteroatoms. The summed E-state index contributed by atoms with van der Waals surface area (Å²) in [4.78, 5) is 12.5. The Kier molecular flexibility index (Phi) is 9.52. The van der Waals surface area contributed by atoms with Crippen LogP contribution in [0.5, 0.6) is 0 Å². The molecule has 2 rings (SSSR count). The van der Waals surface area contributed by atoms with Gasteiger partial charge in [-0.25, -0.2) is 13.1 Å². The summed E-state index contributed by atoms with van der Waals surface area (Å²) in [5, 5.41) is 5.99. The van der Waals surface area contributed by atoms with E-state index in [0.717, 1.165) is 18.7 Å². The summed E-state index contributed by atoms with van der Waals surface area (Å²) in [5.74, 6) is -0.276. The summed E-state index contributed by atoms with van der Waals surface area (Å²) in [6, 6.07) is 9.31. The van der Waals surface area contributed by atoms with Crippen molar-refractivity contribution in [1.29, 1.82) is 0 Å². The highest BCUT2D eigenvalue weighted by Crippen LogP contribution is 2.29. The quantitative estimate of drug-likeness (QED) is 0.560. The molecule has 0 aliphatic carbocycles. The van der Waals surface area contributed by atoms with Crippen LogP contribution in [0.25, 0.3) is 0 Å². The van der Waals surface area contributed by atoms with E-state index in [4.69, 9.17) is 4.74 Å². The van der Waals surface area contributed by atoms with Crippen molar-refractivity contribution in [2.24, 2.45) is 5.41 Å². The molecule has 1 aliphatic rings. The highest BCUT2D eigenvalue weighted by atomic mass is 35.5. The van der Waals surface area contributed by atoms with E-state index in [1.165, 1.54) is 0 Å². The first-order valence-electron chi connectivity index (χ1n) is 8.47. The Bertz CT molecular complexity index is 644. The van der Waals surface area contributed by atoms with Crippen LogP contribution in [0.2, 0.25) is 0 Å². The molecule has 148 valence electrons. The Hall–Kier alpha value is -1.19. The minimum Gasteiger partial charge on any atom is -0.384 e. The van der Waals surface area contributed by atoms with Gasteiger partial charge < -0.3 is 15.4 Å². The van der Waals surface area contributed by atoms with Crippen molar-refractivity contribution in [3.63, 3.8) is 0 Å². The molecule has 0 spiro atoms. The van der Waals surface area contributed by atoms with E-state index in [0.29, 0.717) is 19.4 Å². The predicted molar refractivity (Wildman–Crippen MR) is 104 cm³/mol. The average Bonchev–Trinajstić information content (AvgIpc) is 2.62. The van der Waals surface area contributed by atoms with Crippen molar-refractivity contribution in [1.82, 2.24) is 15.4 Å². The van der Waals surface area contributed by atoms with E-state index in [9.17, 15) is 13.2 Å². The van der Waals surface area contributed by atoms with Crippen LogP contribution in [0, 0.1) is 5.41 Å². The van der Waals surface area contributed by atoms with Gasteiger partial charge in [0.25, 0.3) is 0 Å². The van der Waals surface area contributed by atoms with E-state index in [1.54, 1.807) is 7.11 Å². The second-order valence-electron chi connectivity index (χ2n) is 6.34. The number of piperidine rings is 1. The Balaban J connectivity index is 0.00000338. The summed E-state index contributed by atoms with van der Waals surface area (Å²) < 4.78 is 31.9. The van der Waals surface area contributed by atoms with Gasteiger partial charge in [-0.05, 0) is 31.5 Å². The Labute approximate surface area is 161 Å². The van der Waals surface area contributed by atoms with Crippen LogP contribution in [-0.2, 0) is 26.1 Å². The molecule has 26 heavy (non-hydrogen) atoms. The van der Waals surface area contributed by atoms with Crippen LogP contribution in [0.15, 0.2) is 30.3 Å². The topological polar surface area (TPSA) is 96.5 Å². The summed E-state index contributed by atoms with van der Waals surface area (Å²) in [6.07, 6.45) is 1.37. The molecule has 1 fully saturated rings. The van der Waals surface area contributed by atoms with Crippen LogP contribution in [0.3, 0.4) is 0 Å². The average molecular weight is 406 g/mol. The summed E-state index contributed by atoms with van der Waals surface area (Å²) in [7, 11) is -1.87. The lowest BCUT2D eigenvalue weighted by atomic mass is 9.78. The fourth-order valence-corrected chi connectivity index (χ4v) is 3.87. The molecule has 7 nitrogen and oxygen atoms in total. The van der Waals surface area contributed by atoms with Crippen molar-refractivity contribution < 1.29 is 17.9 Å². The monoisotopic (exact) mass is 405 g/mol. The second kappa shape index (κ2) is 10.8. The third-order valence-corrected chi connectivity index (χ3v) is 5.78. The number of hydrogen-bond acceptors (Lipinski definition) is 5. The number of hydrogen-bond donors (Lipinski definition) is 3. The molecule has 0 radical (unpaired) electrons. The molecule has 1 aliphatic heterocycles. The first-order valence-corrected chi connectivity index (χ1v) is 10.1. The molecule has 0 aromatic heterocycles. The van der Waals surface area contributed by atoms with Crippen LogP contribution >= 0.6 is 12.4 Å². The third kappa shape index (κ3) is 6.85. The zero-order valence-electron chi connectivity index (χ0n) is 15.0. The molecule has 1 heterocycles. The number of carbonyl (C=O) groups excluding carboxylic acids is 1. The molecular formula is C17H28ClN3O4S. The lowest BCUT2D eigenvalue weighted by Crippen LogP contribution is -2.51. The number of methoxy groups -OCH3 is 1. The van der Waals surface area contributed by atoms with Crippen molar-refractivity contribution in [3.05, 3.63) is 35.9 Å². The van der Waals surface area contributed by atoms with E-state index >= 15 is 0 Å². The molecule has 3 N–H and O–H groups in total. The van der Waals surface area contributed by atoms with Crippen LogP contribution < -0.4 is 15.4 Å². The number of nitrogens with one attached hydrogen (secondary N) is 3. The summed E-state index contributed by atoms with van der Waals surface area (Å²) in [6.45, 7) is 2.19. The van der Waals surface area contributed by atoms with E-state index in [1.807, 2.05) is 30.3 Å². The molecule has 0 unspecified atom stereocenters. The molecule has 1 aromatic rings. The molecule has 0 bridgehead atoms. The highest BCUT2D eigenvalue weighted by molar-refractivity contribution is 7.89. The number of carbonyl (C=O) groups is 1. The van der Waals surface area contributed by atoms with Crippen LogP contribution in [0.4, 0.5) is 0 Å². The standard InChI is InChI=1S/C17H27N3O4S.ClH/c1-24-14-17(7-9-18-10-8-17)16(21)19-11-12-25(22,23)20-13-15-5-3-2-4-6-15;/h2-6,18,20H,7-14H2,1H3,(H,19,21);1H. The van der Waals surface area contributed by atoms with Gasteiger partial charge in [0.1, 0.15) is 0 Å². The molecule has 1 amide bonds. The maximum absolute atomic E-state index is 12.5. The lowest BCUT2D eigenvalue weighted by Gasteiger charge is -2.35. The van der Waals surface area contributed by atoms with E-state index in [-0.39, 0.29) is 37.2 Å². The maximum Gasteiger partial charge on any atom is 0.228 e. The molecule has 0 atom stereocenters. The fourth-order valence-electron chi connectivity index (χ4n) is 2.97. The summed E-state index contributed by atoms with van der Waals surface area (Å²) >= 11 is 0. The largest absolute Gasteiger partial charge is 0.384 e. The zero-order valence-corrected chi connectivity index (χ0v) is 16.6. The zero-order chi connectivity index (χ0) is 18.2. The van der Waals surface area contributed by atoms with Gasteiger partial charge in [-0.3, -0.25) is 4.79 Å². The van der Waals surface area contributed by atoms with Gasteiger partial charge in [-0.15, -0.1) is 12.4 Å². The van der Waals surface area contributed by atoms with E-state index in [2.05, 4.69) is 15.4 Å². The minimum atomic E-state index is -3.45. The SMILES string of the molecule is COCC1(C(=O)NCCS(=O)(=O)NCc2ccccc2)CCNCC1.Cl. The number of benzene rings is 1. The van der Waals surface area contributed by atoms with Crippen LogP contribution in [-0.4, -0.2) is 53.4 Å². The van der Waals surface area contributed by atoms with Gasteiger partial charge in [-0.2, -0.15) is 0 Å². The van der Waals surface area contributed by atoms with Gasteiger partial charge in [0, 0.05) is 20.2 Å². The first kappa shape index (κ1) is 22.9. The number of rotatable bonds is 9. The lowest BCUT2D eigenvalue weighted by molar-refractivity contribution is -0.136. The van der Waals surface area contributed by atoms with Gasteiger partial charge in [0.05, 0.1) is 17.8 Å². The molecular weight excluding hydrogens is 378 g/mol. The maximum atomic E-state index is 12.5. The molecule has 1 saturated heterocycles. The smallest absolute Gasteiger partial charge is 0.228 e. The van der Waals surface area contributed by atoms with Gasteiger partial charge in [0.15, 0.2) is 0 Å². The normalized spacial score (nSPS) is 16.5. The Morgan fingerprint density at radius 2 is 1.88 bits per heavy atom. The van der Waals surface area contributed by atoms with Gasteiger partial charge >= 0.3 is 0 Å². The van der Waals surface area contributed by atoms with Gasteiger partial charge in [0.2, 0.25) is 15.9 Å². The Morgan fingerprint density at radius 1 is 1.23 bits per heavy atom. The Morgan fingerprint density at radius 3 is 2.50 bits per heavy atom. The number of sulfonamides is 1. The van der Waals surface area contributed by atoms with Crippen molar-refractivity contribution in [2.45, 2.75) is 19.4 Å². The van der Waals surface area contributed by atoms with E-state index < -0.39 is 15.4 Å². The van der Waals surface area contributed by atoms with Crippen LogP contribution in [0.1, 0.15) is 18.4 Å².